The summed E-state index contributed by atoms with van der Waals surface area (Å²) in [4.78, 5) is 43.5. The molecule has 0 spiro atoms. The molecule has 7 nitrogen and oxygen atoms in total. The van der Waals surface area contributed by atoms with E-state index in [0.717, 1.165) is 31.4 Å². The molecule has 160 valence electrons. The number of carbonyl (C=O) groups excluding carboxylic acids is 2. The molecule has 30 heavy (non-hydrogen) atoms. The molecule has 7 heteroatoms. The SMILES string of the molecule is O=C(C1CC=CC1)N1C[C@@H]2C[C@H](C1)[C@H](C(=O)N1CCCOCC1)n1c2cccc1=O. The number of amides is 2. The van der Waals surface area contributed by atoms with E-state index in [0.29, 0.717) is 39.4 Å². The van der Waals surface area contributed by atoms with Crippen molar-refractivity contribution in [1.82, 2.24) is 14.4 Å². The Labute approximate surface area is 176 Å². The van der Waals surface area contributed by atoms with Gasteiger partial charge in [0, 0.05) is 62.3 Å². The van der Waals surface area contributed by atoms with Crippen molar-refractivity contribution in [2.45, 2.75) is 37.6 Å². The predicted octanol–water partition coefficient (Wildman–Crippen LogP) is 1.55. The van der Waals surface area contributed by atoms with Crippen LogP contribution in [0.2, 0.25) is 0 Å². The maximum atomic E-state index is 13.7. The number of hydrogen-bond acceptors (Lipinski definition) is 4. The van der Waals surface area contributed by atoms with Gasteiger partial charge < -0.3 is 14.5 Å². The van der Waals surface area contributed by atoms with Crippen molar-refractivity contribution >= 4 is 11.8 Å². The van der Waals surface area contributed by atoms with Gasteiger partial charge in [0.2, 0.25) is 11.8 Å². The van der Waals surface area contributed by atoms with Gasteiger partial charge in [0.05, 0.1) is 6.61 Å². The number of allylic oxidation sites excluding steroid dienone is 2. The number of nitrogens with zero attached hydrogens (tertiary/aromatic N) is 3. The molecule has 0 radical (unpaired) electrons. The van der Waals surface area contributed by atoms with Crippen molar-refractivity contribution in [2.75, 3.05) is 39.4 Å². The van der Waals surface area contributed by atoms with Crippen LogP contribution in [0.15, 0.2) is 35.1 Å². The summed E-state index contributed by atoms with van der Waals surface area (Å²) in [5.41, 5.74) is 0.775. The molecule has 1 aliphatic carbocycles. The molecule has 2 fully saturated rings. The van der Waals surface area contributed by atoms with Crippen LogP contribution >= 0.6 is 0 Å². The highest BCUT2D eigenvalue weighted by molar-refractivity contribution is 5.82. The molecule has 2 saturated heterocycles. The van der Waals surface area contributed by atoms with Crippen molar-refractivity contribution in [3.05, 3.63) is 46.4 Å². The lowest BCUT2D eigenvalue weighted by atomic mass is 9.77. The molecule has 1 aromatic rings. The second kappa shape index (κ2) is 8.02. The molecule has 3 atom stereocenters. The van der Waals surface area contributed by atoms with Crippen molar-refractivity contribution in [1.29, 1.82) is 0 Å². The van der Waals surface area contributed by atoms with Gasteiger partial charge in [-0.05, 0) is 31.7 Å². The first-order valence-electron chi connectivity index (χ1n) is 11.1. The number of pyridine rings is 1. The Morgan fingerprint density at radius 2 is 1.80 bits per heavy atom. The number of fused-ring (bicyclic) bond motifs is 4. The first-order valence-corrected chi connectivity index (χ1v) is 11.1. The van der Waals surface area contributed by atoms with Crippen molar-refractivity contribution in [2.24, 2.45) is 11.8 Å². The smallest absolute Gasteiger partial charge is 0.251 e. The fourth-order valence-corrected chi connectivity index (χ4v) is 5.66. The van der Waals surface area contributed by atoms with Gasteiger partial charge in [0.25, 0.3) is 5.56 Å². The molecule has 4 aliphatic rings. The van der Waals surface area contributed by atoms with E-state index in [1.807, 2.05) is 15.9 Å². The third kappa shape index (κ3) is 3.39. The van der Waals surface area contributed by atoms with Crippen molar-refractivity contribution in [3.8, 4) is 0 Å². The van der Waals surface area contributed by atoms with E-state index in [2.05, 4.69) is 12.2 Å². The summed E-state index contributed by atoms with van der Waals surface area (Å²) < 4.78 is 7.25. The summed E-state index contributed by atoms with van der Waals surface area (Å²) in [6.07, 6.45) is 7.41. The first kappa shape index (κ1) is 19.5. The topological polar surface area (TPSA) is 71.9 Å². The number of ether oxygens (including phenoxy) is 1. The number of carbonyl (C=O) groups is 2. The van der Waals surface area contributed by atoms with E-state index in [1.54, 1.807) is 16.7 Å². The van der Waals surface area contributed by atoms with Crippen LogP contribution in [0.3, 0.4) is 0 Å². The summed E-state index contributed by atoms with van der Waals surface area (Å²) >= 11 is 0. The Kier molecular flexibility index (Phi) is 5.23. The van der Waals surface area contributed by atoms with Crippen molar-refractivity contribution < 1.29 is 14.3 Å². The van der Waals surface area contributed by atoms with Gasteiger partial charge in [0.15, 0.2) is 0 Å². The molecular formula is C23H29N3O4. The summed E-state index contributed by atoms with van der Waals surface area (Å²) in [7, 11) is 0. The van der Waals surface area contributed by atoms with Crippen LogP contribution in [0, 0.1) is 11.8 Å². The molecule has 3 aliphatic heterocycles. The van der Waals surface area contributed by atoms with Gasteiger partial charge in [-0.1, -0.05) is 18.2 Å². The minimum absolute atomic E-state index is 0.00432. The van der Waals surface area contributed by atoms with E-state index in [1.165, 1.54) is 0 Å². The monoisotopic (exact) mass is 411 g/mol. The molecule has 4 heterocycles. The van der Waals surface area contributed by atoms with E-state index in [9.17, 15) is 14.4 Å². The molecule has 0 aromatic carbocycles. The molecule has 5 rings (SSSR count). The molecule has 0 N–H and O–H groups in total. The molecule has 2 amide bonds. The summed E-state index contributed by atoms with van der Waals surface area (Å²) in [5, 5.41) is 0. The highest BCUT2D eigenvalue weighted by Crippen LogP contribution is 2.42. The van der Waals surface area contributed by atoms with Gasteiger partial charge in [-0.25, -0.2) is 0 Å². The van der Waals surface area contributed by atoms with Crippen LogP contribution in [-0.4, -0.2) is 65.6 Å². The quantitative estimate of drug-likeness (QED) is 0.693. The van der Waals surface area contributed by atoms with E-state index in [4.69, 9.17) is 4.74 Å². The lowest BCUT2D eigenvalue weighted by Gasteiger charge is -2.47. The number of rotatable bonds is 2. The zero-order chi connectivity index (χ0) is 20.7. The Bertz CT molecular complexity index is 907. The Morgan fingerprint density at radius 3 is 2.63 bits per heavy atom. The molecule has 1 aromatic heterocycles. The zero-order valence-corrected chi connectivity index (χ0v) is 17.2. The van der Waals surface area contributed by atoms with Crippen LogP contribution in [0.25, 0.3) is 0 Å². The summed E-state index contributed by atoms with van der Waals surface area (Å²) in [6.45, 7) is 3.58. The van der Waals surface area contributed by atoms with Crippen molar-refractivity contribution in [3.63, 3.8) is 0 Å². The summed E-state index contributed by atoms with van der Waals surface area (Å²) in [5.74, 6) is 0.281. The maximum Gasteiger partial charge on any atom is 0.251 e. The minimum Gasteiger partial charge on any atom is -0.380 e. The third-order valence-corrected chi connectivity index (χ3v) is 7.10. The maximum absolute atomic E-state index is 13.7. The number of aromatic nitrogens is 1. The Balaban J connectivity index is 1.48. The van der Waals surface area contributed by atoms with Gasteiger partial charge in [0.1, 0.15) is 6.04 Å². The number of piperidine rings is 1. The van der Waals surface area contributed by atoms with E-state index >= 15 is 0 Å². The van der Waals surface area contributed by atoms with Gasteiger partial charge in [-0.3, -0.25) is 19.0 Å². The van der Waals surface area contributed by atoms with E-state index in [-0.39, 0.29) is 35.1 Å². The second-order valence-electron chi connectivity index (χ2n) is 8.97. The standard InChI is InChI=1S/C23H29N3O4/c27-20-8-3-7-19-17-13-18(15-25(14-17)22(28)16-5-1-2-6-16)21(26(19)20)23(29)24-9-4-11-30-12-10-24/h1-3,7-8,16-18,21H,4-6,9-15H2/t17-,18+,21+/m0/s1. The van der Waals surface area contributed by atoms with Crippen LogP contribution in [-0.2, 0) is 14.3 Å². The van der Waals surface area contributed by atoms with Crippen LogP contribution in [0.4, 0.5) is 0 Å². The van der Waals surface area contributed by atoms with Crippen LogP contribution < -0.4 is 5.56 Å². The highest BCUT2D eigenvalue weighted by Gasteiger charge is 2.46. The van der Waals surface area contributed by atoms with Crippen LogP contribution in [0.1, 0.15) is 43.3 Å². The van der Waals surface area contributed by atoms with Gasteiger partial charge in [-0.2, -0.15) is 0 Å². The lowest BCUT2D eigenvalue weighted by molar-refractivity contribution is -0.144. The predicted molar refractivity (Wildman–Crippen MR) is 111 cm³/mol. The number of hydrogen-bond donors (Lipinski definition) is 0. The van der Waals surface area contributed by atoms with Gasteiger partial charge in [-0.15, -0.1) is 0 Å². The Hall–Kier alpha value is -2.41. The third-order valence-electron chi connectivity index (χ3n) is 7.10. The summed E-state index contributed by atoms with van der Waals surface area (Å²) in [6, 6.07) is 4.74. The molecular weight excluding hydrogens is 382 g/mol. The Morgan fingerprint density at radius 1 is 0.967 bits per heavy atom. The molecule has 0 saturated carbocycles. The first-order chi connectivity index (χ1) is 14.6. The fourth-order valence-electron chi connectivity index (χ4n) is 5.66. The second-order valence-corrected chi connectivity index (χ2v) is 8.97. The molecule has 0 unspecified atom stereocenters. The zero-order valence-electron chi connectivity index (χ0n) is 17.2. The minimum atomic E-state index is -0.541. The average Bonchev–Trinajstić information content (AvgIpc) is 3.16. The average molecular weight is 412 g/mol. The largest absolute Gasteiger partial charge is 0.380 e. The fraction of sp³-hybridized carbons (Fsp3) is 0.609. The lowest BCUT2D eigenvalue weighted by Crippen LogP contribution is -2.55. The van der Waals surface area contributed by atoms with E-state index < -0.39 is 6.04 Å². The molecule has 2 bridgehead atoms. The van der Waals surface area contributed by atoms with Crippen LogP contribution in [0.5, 0.6) is 0 Å². The van der Waals surface area contributed by atoms with Gasteiger partial charge >= 0.3 is 0 Å². The number of likely N-dealkylation sites (tertiary alicyclic amines) is 1. The normalized spacial score (nSPS) is 28.9. The highest BCUT2D eigenvalue weighted by atomic mass is 16.5.